The van der Waals surface area contributed by atoms with E-state index in [9.17, 15) is 22.8 Å². The van der Waals surface area contributed by atoms with Gasteiger partial charge in [-0.2, -0.15) is 4.72 Å². The summed E-state index contributed by atoms with van der Waals surface area (Å²) in [4.78, 5) is 45.6. The van der Waals surface area contributed by atoms with Gasteiger partial charge in [0, 0.05) is 18.6 Å². The van der Waals surface area contributed by atoms with Crippen LogP contribution in [0.1, 0.15) is 56.6 Å². The molecule has 254 valence electrons. The minimum Gasteiger partial charge on any atom is -0.463 e. The molecular formula is C33H43ClN6O6S. The van der Waals surface area contributed by atoms with Crippen molar-refractivity contribution in [3.8, 4) is 0 Å². The van der Waals surface area contributed by atoms with E-state index in [1.807, 2.05) is 0 Å². The van der Waals surface area contributed by atoms with Crippen molar-refractivity contribution in [1.29, 1.82) is 0 Å². The van der Waals surface area contributed by atoms with Crippen LogP contribution >= 0.6 is 11.6 Å². The SMILES string of the molecule is CC(C(=O)NCc1ccc(N=C(N)N)cc1)N(C)C(=O)C(COC(=O)C12CC3CC(CC(C3)C1)C2)NS(=O)(=O)Cc1ccc(Cl)cc1. The summed E-state index contributed by atoms with van der Waals surface area (Å²) in [5, 5.41) is 3.25. The van der Waals surface area contributed by atoms with Crippen molar-refractivity contribution in [2.75, 3.05) is 13.7 Å². The first-order valence-electron chi connectivity index (χ1n) is 15.9. The van der Waals surface area contributed by atoms with Gasteiger partial charge in [-0.15, -0.1) is 0 Å². The maximum Gasteiger partial charge on any atom is 0.312 e. The van der Waals surface area contributed by atoms with Crippen LogP contribution in [0, 0.1) is 23.2 Å². The van der Waals surface area contributed by atoms with Gasteiger partial charge in [-0.1, -0.05) is 35.9 Å². The molecule has 4 saturated carbocycles. The Hall–Kier alpha value is -3.68. The molecule has 12 nitrogen and oxygen atoms in total. The average Bonchev–Trinajstić information content (AvgIpc) is 3.01. The van der Waals surface area contributed by atoms with Crippen LogP contribution in [-0.4, -0.2) is 62.8 Å². The molecule has 0 aliphatic heterocycles. The fourth-order valence-electron chi connectivity index (χ4n) is 7.67. The number of amides is 2. The molecule has 2 aromatic carbocycles. The molecule has 4 aliphatic carbocycles. The number of sulfonamides is 1. The first-order valence-corrected chi connectivity index (χ1v) is 17.9. The number of carbonyl (C=O) groups excluding carboxylic acids is 3. The fourth-order valence-corrected chi connectivity index (χ4v) is 9.12. The van der Waals surface area contributed by atoms with E-state index in [1.165, 1.54) is 14.0 Å². The monoisotopic (exact) mass is 686 g/mol. The van der Waals surface area contributed by atoms with E-state index in [-0.39, 0.29) is 18.5 Å². The largest absolute Gasteiger partial charge is 0.463 e. The predicted octanol–water partition coefficient (Wildman–Crippen LogP) is 2.96. The number of guanidine groups is 1. The Morgan fingerprint density at radius 2 is 1.53 bits per heavy atom. The van der Waals surface area contributed by atoms with Crippen molar-refractivity contribution in [2.45, 2.75) is 69.8 Å². The highest BCUT2D eigenvalue weighted by Gasteiger charge is 2.55. The molecule has 4 bridgehead atoms. The van der Waals surface area contributed by atoms with Gasteiger partial charge in [0.15, 0.2) is 5.96 Å². The number of carbonyl (C=O) groups is 3. The summed E-state index contributed by atoms with van der Waals surface area (Å²) in [6.07, 6.45) is 5.75. The molecule has 2 unspecified atom stereocenters. The van der Waals surface area contributed by atoms with Crippen LogP contribution in [0.3, 0.4) is 0 Å². The van der Waals surface area contributed by atoms with Crippen LogP contribution in [0.5, 0.6) is 0 Å². The topological polar surface area (TPSA) is 186 Å². The normalized spacial score (nSPS) is 24.2. The minimum absolute atomic E-state index is 0.0688. The number of hydrogen-bond acceptors (Lipinski definition) is 7. The van der Waals surface area contributed by atoms with Gasteiger partial charge in [-0.05, 0) is 98.6 Å². The van der Waals surface area contributed by atoms with Crippen LogP contribution in [0.15, 0.2) is 53.5 Å². The molecular weight excluding hydrogens is 644 g/mol. The summed E-state index contributed by atoms with van der Waals surface area (Å²) in [6, 6.07) is 10.8. The summed E-state index contributed by atoms with van der Waals surface area (Å²) in [6.45, 7) is 1.23. The molecule has 4 aliphatic rings. The summed E-state index contributed by atoms with van der Waals surface area (Å²) in [7, 11) is -2.66. The minimum atomic E-state index is -4.08. The smallest absolute Gasteiger partial charge is 0.312 e. The summed E-state index contributed by atoms with van der Waals surface area (Å²) >= 11 is 5.95. The number of ether oxygens (including phenoxy) is 1. The zero-order chi connectivity index (χ0) is 33.9. The molecule has 2 atom stereocenters. The molecule has 4 fully saturated rings. The second kappa shape index (κ2) is 14.2. The van der Waals surface area contributed by atoms with Gasteiger partial charge < -0.3 is 26.4 Å². The molecule has 2 aromatic rings. The summed E-state index contributed by atoms with van der Waals surface area (Å²) < 4.78 is 34.8. The number of benzene rings is 2. The van der Waals surface area contributed by atoms with Gasteiger partial charge >= 0.3 is 5.97 Å². The molecule has 6 rings (SSSR count). The molecule has 0 spiro atoms. The zero-order valence-corrected chi connectivity index (χ0v) is 28.2. The highest BCUT2D eigenvalue weighted by atomic mass is 35.5. The van der Waals surface area contributed by atoms with Gasteiger partial charge in [0.05, 0.1) is 16.9 Å². The maximum atomic E-state index is 13.8. The molecule has 0 radical (unpaired) electrons. The second-order valence-corrected chi connectivity index (χ2v) is 15.6. The molecule has 0 heterocycles. The third kappa shape index (κ3) is 8.62. The van der Waals surface area contributed by atoms with Gasteiger partial charge in [-0.25, -0.2) is 13.4 Å². The quantitative estimate of drug-likeness (QED) is 0.141. The number of hydrogen-bond donors (Lipinski definition) is 4. The fraction of sp³-hybridized carbons (Fsp3) is 0.515. The van der Waals surface area contributed by atoms with E-state index in [1.54, 1.807) is 48.5 Å². The third-order valence-electron chi connectivity index (χ3n) is 9.71. The van der Waals surface area contributed by atoms with Crippen LogP contribution in [-0.2, 0) is 41.4 Å². The standard InChI is InChI=1S/C33H43ClN6O6S/c1-20(29(41)37-17-21-5-9-27(10-6-21)38-32(35)36)40(2)30(42)28(39-47(44,45)19-22-3-7-26(34)8-4-22)18-46-31(43)33-14-23-11-24(15-33)13-25(12-23)16-33/h3-10,20,23-25,28,39H,11-19H2,1-2H3,(H,37,41)(H4,35,36,38). The Morgan fingerprint density at radius 3 is 2.09 bits per heavy atom. The lowest BCUT2D eigenvalue weighted by Crippen LogP contribution is -2.56. The predicted molar refractivity (Wildman–Crippen MR) is 179 cm³/mol. The molecule has 14 heteroatoms. The van der Waals surface area contributed by atoms with Crippen molar-refractivity contribution in [1.82, 2.24) is 14.9 Å². The Morgan fingerprint density at radius 1 is 0.979 bits per heavy atom. The number of nitrogens with two attached hydrogens (primary N) is 2. The Kier molecular flexibility index (Phi) is 10.5. The van der Waals surface area contributed by atoms with Crippen LogP contribution in [0.25, 0.3) is 0 Å². The van der Waals surface area contributed by atoms with E-state index >= 15 is 0 Å². The van der Waals surface area contributed by atoms with Crippen LogP contribution in [0.2, 0.25) is 5.02 Å². The average molecular weight is 687 g/mol. The van der Waals surface area contributed by atoms with Crippen molar-refractivity contribution in [2.24, 2.45) is 39.6 Å². The lowest BCUT2D eigenvalue weighted by molar-refractivity contribution is -0.172. The Balaban J connectivity index is 1.26. The summed E-state index contributed by atoms with van der Waals surface area (Å²) in [5.74, 6) is -0.498. The van der Waals surface area contributed by atoms with Crippen molar-refractivity contribution < 1.29 is 27.5 Å². The Labute approximate surface area is 280 Å². The lowest BCUT2D eigenvalue weighted by atomic mass is 9.49. The van der Waals surface area contributed by atoms with E-state index in [2.05, 4.69) is 15.0 Å². The molecule has 47 heavy (non-hydrogen) atoms. The van der Waals surface area contributed by atoms with Gasteiger partial charge in [0.2, 0.25) is 21.8 Å². The first kappa shape index (κ1) is 34.6. The molecule has 6 N–H and O–H groups in total. The van der Waals surface area contributed by atoms with Gasteiger partial charge in [0.1, 0.15) is 18.7 Å². The first-order chi connectivity index (χ1) is 22.2. The van der Waals surface area contributed by atoms with Crippen LogP contribution in [0.4, 0.5) is 5.69 Å². The zero-order valence-electron chi connectivity index (χ0n) is 26.7. The number of aliphatic imine (C=N–C) groups is 1. The van der Waals surface area contributed by atoms with Crippen molar-refractivity contribution in [3.63, 3.8) is 0 Å². The maximum absolute atomic E-state index is 13.8. The molecule has 0 aromatic heterocycles. The van der Waals surface area contributed by atoms with E-state index in [0.717, 1.165) is 49.0 Å². The van der Waals surface area contributed by atoms with Crippen LogP contribution < -0.4 is 21.5 Å². The number of rotatable bonds is 13. The third-order valence-corrected chi connectivity index (χ3v) is 11.3. The van der Waals surface area contributed by atoms with Crippen molar-refractivity contribution in [3.05, 3.63) is 64.7 Å². The highest BCUT2D eigenvalue weighted by Crippen LogP contribution is 2.60. The van der Waals surface area contributed by atoms with Gasteiger partial charge in [-0.3, -0.25) is 14.4 Å². The van der Waals surface area contributed by atoms with E-state index < -0.39 is 51.7 Å². The number of nitrogens with one attached hydrogen (secondary N) is 2. The second-order valence-electron chi connectivity index (χ2n) is 13.4. The lowest BCUT2D eigenvalue weighted by Gasteiger charge is -2.55. The van der Waals surface area contributed by atoms with E-state index in [4.69, 9.17) is 27.8 Å². The number of esters is 1. The molecule has 2 amide bonds. The summed E-state index contributed by atoms with van der Waals surface area (Å²) in [5.41, 5.74) is 12.0. The van der Waals surface area contributed by atoms with E-state index in [0.29, 0.717) is 34.0 Å². The number of likely N-dealkylation sites (N-methyl/N-ethyl adjacent to an activating group) is 1. The molecule has 0 saturated heterocycles. The highest BCUT2D eigenvalue weighted by molar-refractivity contribution is 7.88. The number of nitrogens with zero attached hydrogens (tertiary/aromatic N) is 2. The Bertz CT molecular complexity index is 1580. The van der Waals surface area contributed by atoms with Gasteiger partial charge in [0.25, 0.3) is 0 Å². The van der Waals surface area contributed by atoms with Crippen molar-refractivity contribution >= 4 is 51.1 Å². The number of halogens is 1.